The van der Waals surface area contributed by atoms with Crippen LogP contribution in [0.2, 0.25) is 0 Å². The van der Waals surface area contributed by atoms with Crippen LogP contribution in [0.5, 0.6) is 0 Å². The average Bonchev–Trinajstić information content (AvgIpc) is 3.08. The maximum atomic E-state index is 13.7. The van der Waals surface area contributed by atoms with Crippen molar-refractivity contribution in [3.63, 3.8) is 0 Å². The second kappa shape index (κ2) is 6.76. The fourth-order valence-corrected chi connectivity index (χ4v) is 2.16. The van der Waals surface area contributed by atoms with Gasteiger partial charge in [-0.2, -0.15) is 4.98 Å². The molecule has 2 aromatic carbocycles. The molecule has 0 atom stereocenters. The Hall–Kier alpha value is -3.16. The first-order valence-electron chi connectivity index (χ1n) is 7.26. The van der Waals surface area contributed by atoms with E-state index < -0.39 is 17.5 Å². The van der Waals surface area contributed by atoms with Crippen LogP contribution in [0, 0.1) is 24.4 Å². The summed E-state index contributed by atoms with van der Waals surface area (Å²) in [6.45, 7) is 1.73. The molecule has 5 nitrogen and oxygen atoms in total. The van der Waals surface area contributed by atoms with Crippen molar-refractivity contribution in [3.8, 4) is 11.5 Å². The maximum Gasteiger partial charge on any atom is 0.292 e. The van der Waals surface area contributed by atoms with Crippen LogP contribution in [-0.2, 0) is 6.54 Å². The number of carbonyl (C=O) groups is 1. The molecule has 0 spiro atoms. The maximum absolute atomic E-state index is 13.7. The Balaban J connectivity index is 1.72. The van der Waals surface area contributed by atoms with E-state index in [2.05, 4.69) is 15.5 Å². The van der Waals surface area contributed by atoms with Crippen molar-refractivity contribution in [2.24, 2.45) is 0 Å². The van der Waals surface area contributed by atoms with Crippen molar-refractivity contribution in [2.45, 2.75) is 13.5 Å². The monoisotopic (exact) mass is 347 g/mol. The van der Waals surface area contributed by atoms with Crippen molar-refractivity contribution in [3.05, 3.63) is 70.8 Å². The van der Waals surface area contributed by atoms with E-state index in [-0.39, 0.29) is 29.6 Å². The number of benzene rings is 2. The first kappa shape index (κ1) is 16.7. The minimum atomic E-state index is -0.751. The third kappa shape index (κ3) is 3.68. The summed E-state index contributed by atoms with van der Waals surface area (Å²) in [6, 6.07) is 7.20. The zero-order valence-electron chi connectivity index (χ0n) is 13.0. The molecule has 0 unspecified atom stereocenters. The van der Waals surface area contributed by atoms with Crippen LogP contribution in [0.25, 0.3) is 11.5 Å². The van der Waals surface area contributed by atoms with E-state index in [0.717, 1.165) is 18.2 Å². The molecule has 1 amide bonds. The zero-order chi connectivity index (χ0) is 18.0. The Morgan fingerprint density at radius 3 is 2.64 bits per heavy atom. The van der Waals surface area contributed by atoms with Gasteiger partial charge in [0.2, 0.25) is 0 Å². The molecule has 0 aliphatic rings. The lowest BCUT2D eigenvalue weighted by molar-refractivity contribution is 0.0937. The van der Waals surface area contributed by atoms with Crippen LogP contribution >= 0.6 is 0 Å². The summed E-state index contributed by atoms with van der Waals surface area (Å²) in [4.78, 5) is 15.8. The molecular formula is C17H12F3N3O2. The highest BCUT2D eigenvalue weighted by molar-refractivity contribution is 5.90. The number of nitrogens with zero attached hydrogens (tertiary/aromatic N) is 2. The number of carbonyl (C=O) groups excluding carboxylic acids is 1. The lowest BCUT2D eigenvalue weighted by Crippen LogP contribution is -2.24. The smallest absolute Gasteiger partial charge is 0.292 e. The molecule has 0 saturated carbocycles. The summed E-state index contributed by atoms with van der Waals surface area (Å²) in [5.74, 6) is -3.05. The van der Waals surface area contributed by atoms with Crippen molar-refractivity contribution >= 4 is 5.91 Å². The van der Waals surface area contributed by atoms with Gasteiger partial charge in [0.05, 0.1) is 5.56 Å². The first-order chi connectivity index (χ1) is 11.9. The molecule has 0 saturated heterocycles. The highest BCUT2D eigenvalue weighted by atomic mass is 19.1. The molecule has 0 aliphatic carbocycles. The van der Waals surface area contributed by atoms with E-state index in [9.17, 15) is 18.0 Å². The Kier molecular flexibility index (Phi) is 4.51. The molecule has 1 heterocycles. The fraction of sp³-hybridized carbons (Fsp3) is 0.118. The van der Waals surface area contributed by atoms with Gasteiger partial charge in [0.25, 0.3) is 17.6 Å². The molecule has 0 fully saturated rings. The van der Waals surface area contributed by atoms with E-state index in [1.807, 2.05) is 0 Å². The summed E-state index contributed by atoms with van der Waals surface area (Å²) in [6.07, 6.45) is 0. The molecule has 0 aliphatic heterocycles. The van der Waals surface area contributed by atoms with Crippen LogP contribution in [0.4, 0.5) is 13.2 Å². The Labute approximate surface area is 140 Å². The second-order valence-electron chi connectivity index (χ2n) is 5.31. The van der Waals surface area contributed by atoms with E-state index in [1.165, 1.54) is 12.1 Å². The van der Waals surface area contributed by atoms with Gasteiger partial charge < -0.3 is 9.84 Å². The average molecular weight is 347 g/mol. The zero-order valence-corrected chi connectivity index (χ0v) is 13.0. The second-order valence-corrected chi connectivity index (χ2v) is 5.31. The van der Waals surface area contributed by atoms with Gasteiger partial charge in [0.15, 0.2) is 0 Å². The number of nitrogens with one attached hydrogen (secondary N) is 1. The summed E-state index contributed by atoms with van der Waals surface area (Å²) in [5.41, 5.74) is 0.906. The fourth-order valence-electron chi connectivity index (χ4n) is 2.16. The van der Waals surface area contributed by atoms with E-state index >= 15 is 0 Å². The number of rotatable bonds is 4. The van der Waals surface area contributed by atoms with Gasteiger partial charge >= 0.3 is 0 Å². The lowest BCUT2D eigenvalue weighted by atomic mass is 10.1. The normalized spacial score (nSPS) is 10.7. The summed E-state index contributed by atoms with van der Waals surface area (Å²) in [5, 5.41) is 6.00. The van der Waals surface area contributed by atoms with Gasteiger partial charge in [0, 0.05) is 6.54 Å². The van der Waals surface area contributed by atoms with E-state index in [1.54, 1.807) is 13.0 Å². The first-order valence-corrected chi connectivity index (χ1v) is 7.26. The number of aromatic nitrogens is 2. The highest BCUT2D eigenvalue weighted by Gasteiger charge is 2.18. The number of hydrogen-bond donors (Lipinski definition) is 1. The molecule has 3 rings (SSSR count). The van der Waals surface area contributed by atoms with Crippen molar-refractivity contribution in [2.75, 3.05) is 0 Å². The summed E-state index contributed by atoms with van der Waals surface area (Å²) < 4.78 is 44.9. The minimum absolute atomic E-state index is 0.123. The van der Waals surface area contributed by atoms with Gasteiger partial charge in [-0.15, -0.1) is 0 Å². The lowest BCUT2D eigenvalue weighted by Gasteiger charge is -2.04. The van der Waals surface area contributed by atoms with Crippen LogP contribution in [0.1, 0.15) is 21.7 Å². The van der Waals surface area contributed by atoms with Crippen LogP contribution in [0.15, 0.2) is 40.9 Å². The largest absolute Gasteiger partial charge is 0.345 e. The van der Waals surface area contributed by atoms with Gasteiger partial charge in [0.1, 0.15) is 17.5 Å². The van der Waals surface area contributed by atoms with E-state index in [0.29, 0.717) is 11.1 Å². The van der Waals surface area contributed by atoms with Gasteiger partial charge in [-0.05, 0) is 42.3 Å². The predicted molar refractivity (Wildman–Crippen MR) is 82.0 cm³/mol. The molecule has 25 heavy (non-hydrogen) atoms. The van der Waals surface area contributed by atoms with Crippen LogP contribution in [0.3, 0.4) is 0 Å². The number of aryl methyl sites for hydroxylation is 1. The summed E-state index contributed by atoms with van der Waals surface area (Å²) in [7, 11) is 0. The molecule has 3 aromatic rings. The van der Waals surface area contributed by atoms with E-state index in [4.69, 9.17) is 4.52 Å². The molecule has 8 heteroatoms. The third-order valence-electron chi connectivity index (χ3n) is 3.46. The Morgan fingerprint density at radius 1 is 1.12 bits per heavy atom. The third-order valence-corrected chi connectivity index (χ3v) is 3.46. The SMILES string of the molecule is Cc1cc(CNC(=O)c2noc(-c3cc(F)ccc3F)n2)ccc1F. The molecule has 1 aromatic heterocycles. The standard InChI is InChI=1S/C17H12F3N3O2/c1-9-6-10(2-4-13(9)19)8-21-16(24)15-22-17(25-23-15)12-7-11(18)3-5-14(12)20/h2-7H,8H2,1H3,(H,21,24). The van der Waals surface area contributed by atoms with Crippen molar-refractivity contribution in [1.82, 2.24) is 15.5 Å². The molecule has 0 bridgehead atoms. The van der Waals surface area contributed by atoms with Gasteiger partial charge in [-0.3, -0.25) is 4.79 Å². The Morgan fingerprint density at radius 2 is 1.88 bits per heavy atom. The van der Waals surface area contributed by atoms with Crippen LogP contribution < -0.4 is 5.32 Å². The molecule has 128 valence electrons. The number of hydrogen-bond acceptors (Lipinski definition) is 4. The Bertz CT molecular complexity index is 941. The number of amides is 1. The van der Waals surface area contributed by atoms with Gasteiger partial charge in [-0.1, -0.05) is 17.3 Å². The number of halogens is 3. The molecular weight excluding hydrogens is 335 g/mol. The van der Waals surface area contributed by atoms with Crippen molar-refractivity contribution in [1.29, 1.82) is 0 Å². The van der Waals surface area contributed by atoms with Gasteiger partial charge in [-0.25, -0.2) is 13.2 Å². The highest BCUT2D eigenvalue weighted by Crippen LogP contribution is 2.22. The topological polar surface area (TPSA) is 68.0 Å². The minimum Gasteiger partial charge on any atom is -0.345 e. The predicted octanol–water partition coefficient (Wildman–Crippen LogP) is 3.39. The van der Waals surface area contributed by atoms with Crippen molar-refractivity contribution < 1.29 is 22.5 Å². The quantitative estimate of drug-likeness (QED) is 0.785. The van der Waals surface area contributed by atoms with Crippen LogP contribution in [-0.4, -0.2) is 16.0 Å². The summed E-state index contributed by atoms with van der Waals surface area (Å²) >= 11 is 0. The molecule has 0 radical (unpaired) electrons. The molecule has 1 N–H and O–H groups in total.